The fourth-order valence-electron chi connectivity index (χ4n) is 2.62. The summed E-state index contributed by atoms with van der Waals surface area (Å²) in [5.41, 5.74) is 2.86. The van der Waals surface area contributed by atoms with Crippen LogP contribution in [-0.4, -0.2) is 19.1 Å². The number of benzene rings is 2. The van der Waals surface area contributed by atoms with Gasteiger partial charge in [-0.3, -0.25) is 4.79 Å². The summed E-state index contributed by atoms with van der Waals surface area (Å²) < 4.78 is 5.80. The fourth-order valence-corrected chi connectivity index (χ4v) is 2.62. The van der Waals surface area contributed by atoms with Crippen molar-refractivity contribution in [2.24, 2.45) is 0 Å². The number of hydrogen-bond acceptors (Lipinski definition) is 3. The molecule has 140 valence electrons. The van der Waals surface area contributed by atoms with Crippen molar-refractivity contribution in [1.82, 2.24) is 0 Å². The number of amides is 1. The zero-order valence-electron chi connectivity index (χ0n) is 15.9. The Kier molecular flexibility index (Phi) is 8.53. The van der Waals surface area contributed by atoms with Crippen molar-refractivity contribution in [2.75, 3.05) is 23.8 Å². The first-order chi connectivity index (χ1) is 12.7. The summed E-state index contributed by atoms with van der Waals surface area (Å²) in [6.45, 7) is 5.19. The molecular formula is C22H30N2O2. The molecule has 0 bridgehead atoms. The molecule has 1 amide bonds. The number of carbonyl (C=O) groups is 1. The number of anilines is 2. The minimum Gasteiger partial charge on any atom is -0.494 e. The van der Waals surface area contributed by atoms with Crippen LogP contribution in [0.25, 0.3) is 0 Å². The van der Waals surface area contributed by atoms with Gasteiger partial charge in [-0.05, 0) is 37.6 Å². The maximum Gasteiger partial charge on any atom is 0.243 e. The number of aryl methyl sites for hydroxylation is 1. The van der Waals surface area contributed by atoms with Crippen molar-refractivity contribution in [3.8, 4) is 5.75 Å². The summed E-state index contributed by atoms with van der Waals surface area (Å²) in [6.07, 6.45) is 6.12. The summed E-state index contributed by atoms with van der Waals surface area (Å²) in [5, 5.41) is 6.02. The van der Waals surface area contributed by atoms with E-state index in [1.54, 1.807) is 0 Å². The van der Waals surface area contributed by atoms with E-state index in [4.69, 9.17) is 4.74 Å². The fraction of sp³-hybridized carbons (Fsp3) is 0.409. The molecule has 26 heavy (non-hydrogen) atoms. The van der Waals surface area contributed by atoms with Crippen LogP contribution in [-0.2, 0) is 4.79 Å². The van der Waals surface area contributed by atoms with Gasteiger partial charge in [0.2, 0.25) is 5.91 Å². The summed E-state index contributed by atoms with van der Waals surface area (Å²) in [5.74, 6) is 0.764. The molecule has 0 saturated heterocycles. The normalized spacial score (nSPS) is 10.4. The zero-order valence-corrected chi connectivity index (χ0v) is 15.9. The molecule has 2 aromatic rings. The van der Waals surface area contributed by atoms with Gasteiger partial charge in [0.15, 0.2) is 0 Å². The van der Waals surface area contributed by atoms with Crippen LogP contribution in [0.2, 0.25) is 0 Å². The summed E-state index contributed by atoms with van der Waals surface area (Å²) in [6, 6.07) is 15.5. The lowest BCUT2D eigenvalue weighted by molar-refractivity contribution is -0.114. The first-order valence-corrected chi connectivity index (χ1v) is 9.50. The standard InChI is InChI=1S/C22H30N2O2/c1-3-4-5-6-7-15-26-21-10-8-9-20(16-21)23-17-22(25)24-19-13-11-18(2)12-14-19/h8-14,16,23H,3-7,15,17H2,1-2H3,(H,24,25). The van der Waals surface area contributed by atoms with E-state index in [9.17, 15) is 4.79 Å². The second kappa shape index (κ2) is 11.2. The van der Waals surface area contributed by atoms with E-state index >= 15 is 0 Å². The molecule has 0 unspecified atom stereocenters. The molecule has 0 aliphatic heterocycles. The maximum atomic E-state index is 12.0. The van der Waals surface area contributed by atoms with Crippen molar-refractivity contribution >= 4 is 17.3 Å². The van der Waals surface area contributed by atoms with Crippen LogP contribution in [0.1, 0.15) is 44.6 Å². The molecule has 0 spiro atoms. The van der Waals surface area contributed by atoms with Crippen LogP contribution >= 0.6 is 0 Å². The van der Waals surface area contributed by atoms with Gasteiger partial charge in [0, 0.05) is 17.4 Å². The molecule has 0 aliphatic rings. The first-order valence-electron chi connectivity index (χ1n) is 9.50. The number of rotatable bonds is 11. The molecule has 4 heteroatoms. The second-order valence-electron chi connectivity index (χ2n) is 6.56. The Labute approximate surface area is 157 Å². The van der Waals surface area contributed by atoms with Crippen molar-refractivity contribution < 1.29 is 9.53 Å². The monoisotopic (exact) mass is 354 g/mol. The second-order valence-corrected chi connectivity index (χ2v) is 6.56. The molecule has 2 aromatic carbocycles. The van der Waals surface area contributed by atoms with Gasteiger partial charge in [0.05, 0.1) is 13.2 Å². The lowest BCUT2D eigenvalue weighted by Gasteiger charge is -2.10. The summed E-state index contributed by atoms with van der Waals surface area (Å²) in [4.78, 5) is 12.0. The minimum atomic E-state index is -0.0731. The van der Waals surface area contributed by atoms with Crippen molar-refractivity contribution in [2.45, 2.75) is 46.0 Å². The van der Waals surface area contributed by atoms with Crippen molar-refractivity contribution in [1.29, 1.82) is 0 Å². The van der Waals surface area contributed by atoms with E-state index in [-0.39, 0.29) is 12.5 Å². The average Bonchev–Trinajstić information content (AvgIpc) is 2.65. The third-order valence-electron chi connectivity index (χ3n) is 4.14. The van der Waals surface area contributed by atoms with Gasteiger partial charge in [-0.25, -0.2) is 0 Å². The largest absolute Gasteiger partial charge is 0.494 e. The van der Waals surface area contributed by atoms with E-state index in [0.717, 1.165) is 30.2 Å². The lowest BCUT2D eigenvalue weighted by atomic mass is 10.2. The highest BCUT2D eigenvalue weighted by molar-refractivity contribution is 5.93. The molecule has 0 aromatic heterocycles. The number of carbonyl (C=O) groups excluding carboxylic acids is 1. The first kappa shape index (κ1) is 19.8. The molecule has 0 fully saturated rings. The van der Waals surface area contributed by atoms with E-state index in [1.165, 1.54) is 31.2 Å². The van der Waals surface area contributed by atoms with Crippen LogP contribution in [0.3, 0.4) is 0 Å². The smallest absolute Gasteiger partial charge is 0.243 e. The summed E-state index contributed by atoms with van der Waals surface area (Å²) >= 11 is 0. The topological polar surface area (TPSA) is 50.4 Å². The Balaban J connectivity index is 1.71. The van der Waals surface area contributed by atoms with Gasteiger partial charge in [0.1, 0.15) is 5.75 Å². The molecule has 0 radical (unpaired) electrons. The van der Waals surface area contributed by atoms with Gasteiger partial charge in [0.25, 0.3) is 0 Å². The van der Waals surface area contributed by atoms with Gasteiger partial charge < -0.3 is 15.4 Å². The number of hydrogen-bond donors (Lipinski definition) is 2. The third kappa shape index (κ3) is 7.60. The predicted molar refractivity (Wildman–Crippen MR) is 109 cm³/mol. The Morgan fingerprint density at radius 3 is 2.50 bits per heavy atom. The van der Waals surface area contributed by atoms with E-state index in [0.29, 0.717) is 0 Å². The molecular weight excluding hydrogens is 324 g/mol. The van der Waals surface area contributed by atoms with E-state index in [2.05, 4.69) is 17.6 Å². The Hall–Kier alpha value is -2.49. The predicted octanol–water partition coefficient (Wildman–Crippen LogP) is 5.39. The van der Waals surface area contributed by atoms with Gasteiger partial charge in [-0.15, -0.1) is 0 Å². The quantitative estimate of drug-likeness (QED) is 0.532. The lowest BCUT2D eigenvalue weighted by Crippen LogP contribution is -2.21. The van der Waals surface area contributed by atoms with Crippen molar-refractivity contribution in [3.05, 3.63) is 54.1 Å². The van der Waals surface area contributed by atoms with Crippen LogP contribution in [0.4, 0.5) is 11.4 Å². The molecule has 0 atom stereocenters. The SMILES string of the molecule is CCCCCCCOc1cccc(NCC(=O)Nc2ccc(C)cc2)c1. The number of unbranched alkanes of at least 4 members (excludes halogenated alkanes) is 4. The van der Waals surface area contributed by atoms with Crippen LogP contribution in [0.15, 0.2) is 48.5 Å². The molecule has 2 N–H and O–H groups in total. The highest BCUT2D eigenvalue weighted by Gasteiger charge is 2.03. The molecule has 0 heterocycles. The average molecular weight is 354 g/mol. The van der Waals surface area contributed by atoms with E-state index < -0.39 is 0 Å². The number of nitrogens with one attached hydrogen (secondary N) is 2. The van der Waals surface area contributed by atoms with Crippen molar-refractivity contribution in [3.63, 3.8) is 0 Å². The number of ether oxygens (including phenoxy) is 1. The van der Waals surface area contributed by atoms with Crippen LogP contribution in [0.5, 0.6) is 5.75 Å². The highest BCUT2D eigenvalue weighted by atomic mass is 16.5. The van der Waals surface area contributed by atoms with Gasteiger partial charge >= 0.3 is 0 Å². The Bertz CT molecular complexity index is 668. The maximum absolute atomic E-state index is 12.0. The molecule has 4 nitrogen and oxygen atoms in total. The van der Waals surface area contributed by atoms with Gasteiger partial charge in [-0.1, -0.05) is 56.4 Å². The zero-order chi connectivity index (χ0) is 18.6. The minimum absolute atomic E-state index is 0.0731. The Morgan fingerprint density at radius 1 is 0.962 bits per heavy atom. The van der Waals surface area contributed by atoms with E-state index in [1.807, 2.05) is 55.5 Å². The third-order valence-corrected chi connectivity index (χ3v) is 4.14. The molecule has 0 saturated carbocycles. The van der Waals surface area contributed by atoms with Gasteiger partial charge in [-0.2, -0.15) is 0 Å². The molecule has 0 aliphatic carbocycles. The Morgan fingerprint density at radius 2 is 1.73 bits per heavy atom. The summed E-state index contributed by atoms with van der Waals surface area (Å²) in [7, 11) is 0. The highest BCUT2D eigenvalue weighted by Crippen LogP contribution is 2.18. The van der Waals surface area contributed by atoms with Crippen LogP contribution in [0, 0.1) is 6.92 Å². The van der Waals surface area contributed by atoms with Crippen LogP contribution < -0.4 is 15.4 Å². The molecule has 2 rings (SSSR count).